The number of pyridine rings is 1. The molecule has 22 heavy (non-hydrogen) atoms. The maximum absolute atomic E-state index is 10.2. The van der Waals surface area contributed by atoms with Crippen molar-refractivity contribution < 1.29 is 20.1 Å². The number of hydrogen-bond donors (Lipinski definition) is 3. The van der Waals surface area contributed by atoms with Crippen molar-refractivity contribution in [1.82, 2.24) is 4.98 Å². The van der Waals surface area contributed by atoms with Crippen LogP contribution in [0.5, 0.6) is 0 Å². The molecule has 0 bridgehead atoms. The molecule has 118 valence electrons. The second kappa shape index (κ2) is 6.09. The zero-order valence-corrected chi connectivity index (χ0v) is 13.3. The van der Waals surface area contributed by atoms with Gasteiger partial charge in [-0.15, -0.1) is 0 Å². The van der Waals surface area contributed by atoms with E-state index in [4.69, 9.17) is 39.5 Å². The average Bonchev–Trinajstić information content (AvgIpc) is 2.76. The van der Waals surface area contributed by atoms with Gasteiger partial charge in [-0.1, -0.05) is 34.8 Å². The first-order valence-corrected chi connectivity index (χ1v) is 7.63. The van der Waals surface area contributed by atoms with E-state index in [1.807, 2.05) is 0 Å². The van der Waals surface area contributed by atoms with Crippen LogP contribution in [0.4, 0.5) is 0 Å². The molecular formula is C14H12Cl3NO4. The Bertz CT molecular complexity index is 727. The number of halogens is 3. The molecule has 3 rings (SSSR count). The van der Waals surface area contributed by atoms with Crippen LogP contribution in [-0.2, 0) is 4.74 Å². The SMILES string of the molecule is OC[C@H]1O[C@@H](c2cc(Cl)nc3cc(Cl)c(Cl)cc23)[C@H](O)[C@@H]1O. The molecule has 5 nitrogen and oxygen atoms in total. The van der Waals surface area contributed by atoms with Gasteiger partial charge in [-0.25, -0.2) is 4.98 Å². The van der Waals surface area contributed by atoms with Crippen LogP contribution in [-0.4, -0.2) is 45.2 Å². The summed E-state index contributed by atoms with van der Waals surface area (Å²) in [4.78, 5) is 4.17. The molecule has 2 aromatic rings. The number of aliphatic hydroxyl groups excluding tert-OH is 3. The number of fused-ring (bicyclic) bond motifs is 1. The number of hydrogen-bond acceptors (Lipinski definition) is 5. The van der Waals surface area contributed by atoms with Gasteiger partial charge in [0.25, 0.3) is 0 Å². The van der Waals surface area contributed by atoms with Crippen LogP contribution in [0.1, 0.15) is 11.7 Å². The predicted molar refractivity (Wildman–Crippen MR) is 83.5 cm³/mol. The summed E-state index contributed by atoms with van der Waals surface area (Å²) in [5, 5.41) is 30.7. The summed E-state index contributed by atoms with van der Waals surface area (Å²) in [5.74, 6) is 0. The van der Waals surface area contributed by atoms with Gasteiger partial charge in [0.1, 0.15) is 29.6 Å². The zero-order valence-electron chi connectivity index (χ0n) is 11.1. The van der Waals surface area contributed by atoms with E-state index in [9.17, 15) is 15.3 Å². The summed E-state index contributed by atoms with van der Waals surface area (Å²) >= 11 is 18.0. The van der Waals surface area contributed by atoms with E-state index in [2.05, 4.69) is 4.98 Å². The van der Waals surface area contributed by atoms with Crippen LogP contribution in [0.3, 0.4) is 0 Å². The molecule has 1 saturated heterocycles. The molecule has 3 N–H and O–H groups in total. The van der Waals surface area contributed by atoms with Crippen molar-refractivity contribution in [2.75, 3.05) is 6.61 Å². The van der Waals surface area contributed by atoms with E-state index in [0.717, 1.165) is 0 Å². The Morgan fingerprint density at radius 2 is 1.73 bits per heavy atom. The molecule has 0 unspecified atom stereocenters. The fraction of sp³-hybridized carbons (Fsp3) is 0.357. The maximum Gasteiger partial charge on any atom is 0.130 e. The lowest BCUT2D eigenvalue weighted by Crippen LogP contribution is -2.32. The number of rotatable bonds is 2. The van der Waals surface area contributed by atoms with E-state index < -0.39 is 31.0 Å². The monoisotopic (exact) mass is 363 g/mol. The van der Waals surface area contributed by atoms with E-state index in [-0.39, 0.29) is 5.15 Å². The van der Waals surface area contributed by atoms with Gasteiger partial charge in [0.2, 0.25) is 0 Å². The van der Waals surface area contributed by atoms with Crippen LogP contribution in [0.25, 0.3) is 10.9 Å². The fourth-order valence-electron chi connectivity index (χ4n) is 2.61. The first kappa shape index (κ1) is 16.2. The third kappa shape index (κ3) is 2.67. The quantitative estimate of drug-likeness (QED) is 0.713. The summed E-state index contributed by atoms with van der Waals surface area (Å²) < 4.78 is 5.54. The summed E-state index contributed by atoms with van der Waals surface area (Å²) in [6.07, 6.45) is -4.12. The molecular weight excluding hydrogens is 353 g/mol. The summed E-state index contributed by atoms with van der Waals surface area (Å²) in [5.41, 5.74) is 1.02. The van der Waals surface area contributed by atoms with Crippen LogP contribution < -0.4 is 0 Å². The normalized spacial score (nSPS) is 28.5. The van der Waals surface area contributed by atoms with Gasteiger partial charge in [0, 0.05) is 5.39 Å². The third-order valence-corrected chi connectivity index (χ3v) is 4.62. The molecule has 1 fully saturated rings. The van der Waals surface area contributed by atoms with Crippen molar-refractivity contribution in [1.29, 1.82) is 0 Å². The van der Waals surface area contributed by atoms with E-state index in [1.165, 1.54) is 6.07 Å². The van der Waals surface area contributed by atoms with Crippen LogP contribution in [0.2, 0.25) is 15.2 Å². The molecule has 2 heterocycles. The van der Waals surface area contributed by atoms with E-state index in [0.29, 0.717) is 26.5 Å². The van der Waals surface area contributed by atoms with Gasteiger partial charge < -0.3 is 20.1 Å². The van der Waals surface area contributed by atoms with Crippen molar-refractivity contribution in [2.24, 2.45) is 0 Å². The van der Waals surface area contributed by atoms with Crippen LogP contribution >= 0.6 is 34.8 Å². The lowest BCUT2D eigenvalue weighted by molar-refractivity contribution is -0.0223. The number of aromatic nitrogens is 1. The zero-order chi connectivity index (χ0) is 16.0. The van der Waals surface area contributed by atoms with Gasteiger partial charge in [-0.2, -0.15) is 0 Å². The summed E-state index contributed by atoms with van der Waals surface area (Å²) in [6.45, 7) is -0.405. The van der Waals surface area contributed by atoms with Crippen molar-refractivity contribution in [3.05, 3.63) is 39.0 Å². The Balaban J connectivity index is 2.16. The highest BCUT2D eigenvalue weighted by atomic mass is 35.5. The van der Waals surface area contributed by atoms with Crippen LogP contribution in [0, 0.1) is 0 Å². The highest BCUT2D eigenvalue weighted by molar-refractivity contribution is 6.42. The average molecular weight is 365 g/mol. The molecule has 8 heteroatoms. The van der Waals surface area contributed by atoms with Gasteiger partial charge in [-0.3, -0.25) is 0 Å². The number of aliphatic hydroxyl groups is 3. The van der Waals surface area contributed by atoms with Gasteiger partial charge in [0.05, 0.1) is 22.2 Å². The molecule has 0 aliphatic carbocycles. The second-order valence-electron chi connectivity index (χ2n) is 5.08. The Kier molecular flexibility index (Phi) is 4.49. The highest BCUT2D eigenvalue weighted by Gasteiger charge is 2.43. The van der Waals surface area contributed by atoms with E-state index in [1.54, 1.807) is 12.1 Å². The fourth-order valence-corrected chi connectivity index (χ4v) is 3.14. The minimum atomic E-state index is -1.20. The van der Waals surface area contributed by atoms with Crippen LogP contribution in [0.15, 0.2) is 18.2 Å². The first-order chi connectivity index (χ1) is 10.4. The number of ether oxygens (including phenoxy) is 1. The second-order valence-corrected chi connectivity index (χ2v) is 6.28. The largest absolute Gasteiger partial charge is 0.394 e. The Labute approximate surface area is 141 Å². The Morgan fingerprint density at radius 1 is 1.05 bits per heavy atom. The Hall–Kier alpha value is -0.660. The standard InChI is InChI=1S/C14H12Cl3NO4/c15-7-1-5-6(2-11(17)18-9(5)3-8(7)16)14-13(21)12(20)10(4-19)22-14/h1-3,10,12-14,19-21H,4H2/t10-,12-,13-,14+/m1/s1. The van der Waals surface area contributed by atoms with Crippen molar-refractivity contribution >= 4 is 45.7 Å². The molecule has 1 aliphatic rings. The predicted octanol–water partition coefficient (Wildman–Crippen LogP) is 2.35. The van der Waals surface area contributed by atoms with E-state index >= 15 is 0 Å². The topological polar surface area (TPSA) is 82.8 Å². The van der Waals surface area contributed by atoms with Gasteiger partial charge in [0.15, 0.2) is 0 Å². The van der Waals surface area contributed by atoms with Gasteiger partial charge >= 0.3 is 0 Å². The highest BCUT2D eigenvalue weighted by Crippen LogP contribution is 2.39. The summed E-state index contributed by atoms with van der Waals surface area (Å²) in [7, 11) is 0. The minimum Gasteiger partial charge on any atom is -0.394 e. The van der Waals surface area contributed by atoms with Gasteiger partial charge in [-0.05, 0) is 23.8 Å². The maximum atomic E-state index is 10.2. The Morgan fingerprint density at radius 3 is 2.36 bits per heavy atom. The van der Waals surface area contributed by atoms with Crippen molar-refractivity contribution in [2.45, 2.75) is 24.4 Å². The smallest absolute Gasteiger partial charge is 0.130 e. The minimum absolute atomic E-state index is 0.193. The molecule has 0 radical (unpaired) electrons. The first-order valence-electron chi connectivity index (χ1n) is 6.50. The molecule has 0 amide bonds. The number of benzene rings is 1. The lowest BCUT2D eigenvalue weighted by atomic mass is 9.98. The van der Waals surface area contributed by atoms with Crippen molar-refractivity contribution in [3.8, 4) is 0 Å². The molecule has 1 aliphatic heterocycles. The van der Waals surface area contributed by atoms with Crippen molar-refractivity contribution in [3.63, 3.8) is 0 Å². The third-order valence-electron chi connectivity index (χ3n) is 3.70. The lowest BCUT2D eigenvalue weighted by Gasteiger charge is -2.18. The molecule has 0 spiro atoms. The molecule has 4 atom stereocenters. The molecule has 0 saturated carbocycles. The molecule has 1 aromatic heterocycles. The number of nitrogens with zero attached hydrogens (tertiary/aromatic N) is 1. The summed E-state index contributed by atoms with van der Waals surface area (Å²) in [6, 6.07) is 4.71. The molecule has 1 aromatic carbocycles.